The zero-order chi connectivity index (χ0) is 12.5. The fourth-order valence-corrected chi connectivity index (χ4v) is 2.29. The quantitative estimate of drug-likeness (QED) is 0.828. The minimum Gasteiger partial charge on any atom is -0.390 e. The highest BCUT2D eigenvalue weighted by molar-refractivity contribution is 5.92. The summed E-state index contributed by atoms with van der Waals surface area (Å²) in [7, 11) is 0. The summed E-state index contributed by atoms with van der Waals surface area (Å²) in [4.78, 5) is 11.9. The van der Waals surface area contributed by atoms with E-state index in [0.29, 0.717) is 6.42 Å². The van der Waals surface area contributed by atoms with Crippen molar-refractivity contribution in [3.63, 3.8) is 0 Å². The van der Waals surface area contributed by atoms with Gasteiger partial charge in [0, 0.05) is 12.5 Å². The zero-order valence-corrected chi connectivity index (χ0v) is 9.54. The van der Waals surface area contributed by atoms with Crippen LogP contribution in [0, 0.1) is 0 Å². The fraction of sp³-hybridized carbons (Fsp3) is 0.231. The molecule has 1 heterocycles. The molecule has 18 heavy (non-hydrogen) atoms. The summed E-state index contributed by atoms with van der Waals surface area (Å²) in [6.45, 7) is 0. The van der Waals surface area contributed by atoms with Gasteiger partial charge in [0.2, 0.25) is 0 Å². The Morgan fingerprint density at radius 2 is 2.22 bits per heavy atom. The number of aliphatic hydroxyl groups excluding tert-OH is 1. The lowest BCUT2D eigenvalue weighted by Gasteiger charge is -2.16. The van der Waals surface area contributed by atoms with Crippen LogP contribution in [0.15, 0.2) is 41.1 Å². The molecule has 3 rings (SSSR count). The van der Waals surface area contributed by atoms with Crippen LogP contribution in [0.3, 0.4) is 0 Å². The summed E-state index contributed by atoms with van der Waals surface area (Å²) in [6.07, 6.45) is 1.30. The van der Waals surface area contributed by atoms with E-state index in [1.807, 2.05) is 24.3 Å². The number of nitrogens with zero attached hydrogens (tertiary/aromatic N) is 1. The van der Waals surface area contributed by atoms with Crippen LogP contribution < -0.4 is 5.32 Å². The Hall–Kier alpha value is -2.14. The van der Waals surface area contributed by atoms with Gasteiger partial charge in [-0.2, -0.15) is 0 Å². The van der Waals surface area contributed by atoms with Crippen LogP contribution in [-0.2, 0) is 6.42 Å². The highest BCUT2D eigenvalue weighted by Crippen LogP contribution is 2.31. The minimum absolute atomic E-state index is 0.214. The number of hydrogen-bond acceptors (Lipinski definition) is 4. The first-order valence-electron chi connectivity index (χ1n) is 5.73. The monoisotopic (exact) mass is 244 g/mol. The van der Waals surface area contributed by atoms with E-state index in [0.717, 1.165) is 11.1 Å². The molecule has 92 valence electrons. The van der Waals surface area contributed by atoms with Gasteiger partial charge >= 0.3 is 0 Å². The van der Waals surface area contributed by atoms with E-state index in [1.54, 1.807) is 0 Å². The topological polar surface area (TPSA) is 75.4 Å². The molecule has 0 saturated heterocycles. The van der Waals surface area contributed by atoms with Crippen LogP contribution in [0.1, 0.15) is 27.7 Å². The molecule has 2 atom stereocenters. The number of benzene rings is 1. The third kappa shape index (κ3) is 1.78. The van der Waals surface area contributed by atoms with Crippen LogP contribution >= 0.6 is 0 Å². The van der Waals surface area contributed by atoms with Crippen molar-refractivity contribution in [2.45, 2.75) is 18.6 Å². The van der Waals surface area contributed by atoms with Gasteiger partial charge in [-0.3, -0.25) is 4.79 Å². The van der Waals surface area contributed by atoms with Crippen LogP contribution in [0.25, 0.3) is 0 Å². The van der Waals surface area contributed by atoms with Crippen molar-refractivity contribution >= 4 is 5.91 Å². The van der Waals surface area contributed by atoms with Gasteiger partial charge in [-0.15, -0.1) is 0 Å². The van der Waals surface area contributed by atoms with Crippen molar-refractivity contribution in [3.05, 3.63) is 53.4 Å². The first-order chi connectivity index (χ1) is 8.75. The van der Waals surface area contributed by atoms with Gasteiger partial charge in [-0.25, -0.2) is 0 Å². The van der Waals surface area contributed by atoms with Crippen molar-refractivity contribution in [2.75, 3.05) is 0 Å². The van der Waals surface area contributed by atoms with Gasteiger partial charge in [-0.05, 0) is 11.1 Å². The molecule has 2 aromatic rings. The molecule has 1 aliphatic rings. The number of carbonyl (C=O) groups excluding carboxylic acids is 1. The van der Waals surface area contributed by atoms with Crippen LogP contribution in [0.2, 0.25) is 0 Å². The van der Waals surface area contributed by atoms with Crippen molar-refractivity contribution in [1.82, 2.24) is 10.5 Å². The highest BCUT2D eigenvalue weighted by atomic mass is 16.5. The van der Waals surface area contributed by atoms with E-state index >= 15 is 0 Å². The molecule has 1 aromatic carbocycles. The van der Waals surface area contributed by atoms with E-state index < -0.39 is 6.10 Å². The molecule has 0 aliphatic heterocycles. The highest BCUT2D eigenvalue weighted by Gasteiger charge is 2.32. The third-order valence-electron chi connectivity index (χ3n) is 3.16. The molecule has 0 spiro atoms. The zero-order valence-electron chi connectivity index (χ0n) is 9.54. The average Bonchev–Trinajstić information content (AvgIpc) is 2.98. The summed E-state index contributed by atoms with van der Waals surface area (Å²) in [5, 5.41) is 16.3. The maximum atomic E-state index is 11.9. The first-order valence-corrected chi connectivity index (χ1v) is 5.73. The summed E-state index contributed by atoms with van der Waals surface area (Å²) in [5.74, 6) is -0.343. The summed E-state index contributed by atoms with van der Waals surface area (Å²) in [6, 6.07) is 8.80. The number of fused-ring (bicyclic) bond motifs is 1. The second-order valence-electron chi connectivity index (χ2n) is 4.31. The Kier molecular flexibility index (Phi) is 2.60. The van der Waals surface area contributed by atoms with Crippen LogP contribution in [0.4, 0.5) is 0 Å². The molecule has 5 heteroatoms. The molecular formula is C13H12N2O3. The van der Waals surface area contributed by atoms with Gasteiger partial charge in [0.25, 0.3) is 5.91 Å². The fourth-order valence-electron chi connectivity index (χ4n) is 2.29. The van der Waals surface area contributed by atoms with E-state index in [2.05, 4.69) is 15.0 Å². The number of aromatic nitrogens is 1. The molecule has 0 bridgehead atoms. The Labute approximate surface area is 103 Å². The normalized spacial score (nSPS) is 21.6. The largest absolute Gasteiger partial charge is 0.390 e. The number of hydrogen-bond donors (Lipinski definition) is 2. The molecule has 0 saturated carbocycles. The smallest absolute Gasteiger partial charge is 0.274 e. The summed E-state index contributed by atoms with van der Waals surface area (Å²) < 4.78 is 4.62. The van der Waals surface area contributed by atoms with Gasteiger partial charge in [0.15, 0.2) is 5.69 Å². The van der Waals surface area contributed by atoms with Crippen LogP contribution in [-0.4, -0.2) is 22.3 Å². The second kappa shape index (κ2) is 4.27. The standard InChI is InChI=1S/C13H12N2O3/c16-11-7-8-3-1-2-4-9(8)12(11)14-13(17)10-5-6-18-15-10/h1-6,11-12,16H,7H2,(H,14,17)/t11-,12+/m0/s1. The number of nitrogens with one attached hydrogen (secondary N) is 1. The van der Waals surface area contributed by atoms with E-state index in [1.165, 1.54) is 12.3 Å². The molecule has 0 unspecified atom stereocenters. The molecular weight excluding hydrogens is 232 g/mol. The first kappa shape index (κ1) is 11.0. The second-order valence-corrected chi connectivity index (χ2v) is 4.31. The van der Waals surface area contributed by atoms with Crippen molar-refractivity contribution < 1.29 is 14.4 Å². The van der Waals surface area contributed by atoms with Crippen molar-refractivity contribution in [2.24, 2.45) is 0 Å². The van der Waals surface area contributed by atoms with Crippen molar-refractivity contribution in [3.8, 4) is 0 Å². The Bertz CT molecular complexity index is 565. The molecule has 0 radical (unpaired) electrons. The Morgan fingerprint density at radius 3 is 3.00 bits per heavy atom. The SMILES string of the molecule is O=C(N[C@@H]1c2ccccc2C[C@@H]1O)c1ccon1. The Balaban J connectivity index is 1.83. The maximum absolute atomic E-state index is 11.9. The lowest BCUT2D eigenvalue weighted by molar-refractivity contribution is 0.0849. The lowest BCUT2D eigenvalue weighted by Crippen LogP contribution is -2.34. The number of rotatable bonds is 2. The number of amides is 1. The predicted molar refractivity (Wildman–Crippen MR) is 62.9 cm³/mol. The van der Waals surface area contributed by atoms with E-state index in [-0.39, 0.29) is 17.6 Å². The average molecular weight is 244 g/mol. The molecule has 1 aromatic heterocycles. The van der Waals surface area contributed by atoms with Gasteiger partial charge < -0.3 is 14.9 Å². The minimum atomic E-state index is -0.599. The third-order valence-corrected chi connectivity index (χ3v) is 3.16. The summed E-state index contributed by atoms with van der Waals surface area (Å²) >= 11 is 0. The maximum Gasteiger partial charge on any atom is 0.274 e. The van der Waals surface area contributed by atoms with Gasteiger partial charge in [-0.1, -0.05) is 29.4 Å². The molecule has 2 N–H and O–H groups in total. The number of carbonyl (C=O) groups is 1. The molecule has 5 nitrogen and oxygen atoms in total. The Morgan fingerprint density at radius 1 is 1.39 bits per heavy atom. The van der Waals surface area contributed by atoms with Crippen LogP contribution in [0.5, 0.6) is 0 Å². The summed E-state index contributed by atoms with van der Waals surface area (Å²) in [5.41, 5.74) is 2.24. The van der Waals surface area contributed by atoms with E-state index in [9.17, 15) is 9.90 Å². The molecule has 1 amide bonds. The lowest BCUT2D eigenvalue weighted by atomic mass is 10.1. The van der Waals surface area contributed by atoms with Gasteiger partial charge in [0.05, 0.1) is 12.1 Å². The van der Waals surface area contributed by atoms with Gasteiger partial charge in [0.1, 0.15) is 6.26 Å². The number of aliphatic hydroxyl groups is 1. The molecule has 1 aliphatic carbocycles. The molecule has 0 fully saturated rings. The van der Waals surface area contributed by atoms with Crippen molar-refractivity contribution in [1.29, 1.82) is 0 Å². The predicted octanol–water partition coefficient (Wildman–Crippen LogP) is 1.06. The van der Waals surface area contributed by atoms with E-state index in [4.69, 9.17) is 0 Å².